The fraction of sp³-hybridized carbons (Fsp3) is 0.300. The second-order valence-corrected chi connectivity index (χ2v) is 9.47. The van der Waals surface area contributed by atoms with Crippen LogP contribution in [0.4, 0.5) is 10.5 Å². The Morgan fingerprint density at radius 1 is 1.03 bits per heavy atom. The molecule has 1 heterocycles. The van der Waals surface area contributed by atoms with Crippen molar-refractivity contribution in [1.29, 1.82) is 0 Å². The number of hydrogen-bond acceptors (Lipinski definition) is 5. The monoisotopic (exact) mass is 485 g/mol. The molecular formula is C20H21Cl2N3O5S. The minimum absolute atomic E-state index is 0.0677. The molecule has 0 spiro atoms. The maximum absolute atomic E-state index is 12.9. The Morgan fingerprint density at radius 3 is 2.26 bits per heavy atom. The number of sulfonamides is 1. The van der Waals surface area contributed by atoms with Gasteiger partial charge in [0.25, 0.3) is 5.91 Å². The predicted octanol–water partition coefficient (Wildman–Crippen LogP) is 3.71. The number of nitrogens with one attached hydrogen (secondary N) is 1. The van der Waals surface area contributed by atoms with Gasteiger partial charge in [-0.2, -0.15) is 4.31 Å². The van der Waals surface area contributed by atoms with Crippen LogP contribution in [0.1, 0.15) is 17.3 Å². The molecule has 0 bridgehead atoms. The summed E-state index contributed by atoms with van der Waals surface area (Å²) in [7, 11) is -3.75. The van der Waals surface area contributed by atoms with Crippen molar-refractivity contribution in [2.75, 3.05) is 38.1 Å². The number of anilines is 1. The van der Waals surface area contributed by atoms with E-state index in [4.69, 9.17) is 27.9 Å². The third-order valence-electron chi connectivity index (χ3n) is 4.70. The third-order valence-corrected chi connectivity index (χ3v) is 7.16. The Kier molecular flexibility index (Phi) is 7.42. The molecule has 11 heteroatoms. The van der Waals surface area contributed by atoms with Gasteiger partial charge >= 0.3 is 6.09 Å². The number of piperazine rings is 1. The first-order chi connectivity index (χ1) is 14.7. The number of amides is 2. The van der Waals surface area contributed by atoms with E-state index in [0.717, 1.165) is 0 Å². The lowest BCUT2D eigenvalue weighted by molar-refractivity contribution is 0.0933. The van der Waals surface area contributed by atoms with Gasteiger partial charge in [-0.3, -0.25) is 4.79 Å². The number of nitrogens with zero attached hydrogens (tertiary/aromatic N) is 2. The van der Waals surface area contributed by atoms with E-state index in [0.29, 0.717) is 15.7 Å². The molecule has 1 saturated heterocycles. The normalized spacial score (nSPS) is 14.9. The summed E-state index contributed by atoms with van der Waals surface area (Å²) < 4.78 is 32.1. The quantitative estimate of drug-likeness (QED) is 0.695. The summed E-state index contributed by atoms with van der Waals surface area (Å²) in [4.78, 5) is 25.8. The zero-order valence-corrected chi connectivity index (χ0v) is 19.0. The lowest BCUT2D eigenvalue weighted by atomic mass is 10.2. The second kappa shape index (κ2) is 9.86. The number of halogens is 2. The first-order valence-corrected chi connectivity index (χ1v) is 11.7. The van der Waals surface area contributed by atoms with E-state index in [-0.39, 0.29) is 43.2 Å². The average Bonchev–Trinajstić information content (AvgIpc) is 2.76. The van der Waals surface area contributed by atoms with Crippen LogP contribution in [0.25, 0.3) is 0 Å². The summed E-state index contributed by atoms with van der Waals surface area (Å²) in [5, 5.41) is 3.40. The molecule has 0 unspecified atom stereocenters. The number of rotatable bonds is 5. The average molecular weight is 486 g/mol. The summed E-state index contributed by atoms with van der Waals surface area (Å²) in [6, 6.07) is 10.3. The Hall–Kier alpha value is -2.33. The molecule has 2 aromatic carbocycles. The number of carbonyl (C=O) groups is 2. The molecule has 0 saturated carbocycles. The summed E-state index contributed by atoms with van der Waals surface area (Å²) in [5.41, 5.74) is 0.671. The highest BCUT2D eigenvalue weighted by molar-refractivity contribution is 7.89. The van der Waals surface area contributed by atoms with Gasteiger partial charge in [-0.25, -0.2) is 13.2 Å². The van der Waals surface area contributed by atoms with Crippen LogP contribution in [0.2, 0.25) is 10.0 Å². The number of benzene rings is 2. The van der Waals surface area contributed by atoms with Crippen molar-refractivity contribution < 1.29 is 22.7 Å². The lowest BCUT2D eigenvalue weighted by Gasteiger charge is -2.33. The van der Waals surface area contributed by atoms with Crippen LogP contribution in [0.5, 0.6) is 0 Å². The smallest absolute Gasteiger partial charge is 0.409 e. The highest BCUT2D eigenvalue weighted by Crippen LogP contribution is 2.26. The van der Waals surface area contributed by atoms with E-state index < -0.39 is 22.0 Å². The molecule has 31 heavy (non-hydrogen) atoms. The third kappa shape index (κ3) is 5.48. The van der Waals surface area contributed by atoms with E-state index in [1.807, 2.05) is 0 Å². The first kappa shape index (κ1) is 23.3. The van der Waals surface area contributed by atoms with E-state index in [2.05, 4.69) is 5.32 Å². The van der Waals surface area contributed by atoms with Crippen molar-refractivity contribution in [1.82, 2.24) is 9.21 Å². The van der Waals surface area contributed by atoms with E-state index in [1.54, 1.807) is 19.1 Å². The van der Waals surface area contributed by atoms with E-state index in [9.17, 15) is 18.0 Å². The summed E-state index contributed by atoms with van der Waals surface area (Å²) in [5.74, 6) is -0.434. The van der Waals surface area contributed by atoms with E-state index >= 15 is 0 Å². The van der Waals surface area contributed by atoms with Crippen molar-refractivity contribution in [2.45, 2.75) is 11.8 Å². The van der Waals surface area contributed by atoms with Crippen LogP contribution in [-0.2, 0) is 14.8 Å². The molecular weight excluding hydrogens is 465 g/mol. The standard InChI is InChI=1S/C20H21Cl2N3O5S/c1-2-30-20(27)24-9-11-25(12-10-24)31(28,29)16-6-3-14(4-7-16)19(26)23-18-8-5-15(21)13-17(18)22/h3-8,13H,2,9-12H2,1H3,(H,23,26). The predicted molar refractivity (Wildman–Crippen MR) is 118 cm³/mol. The van der Waals surface area contributed by atoms with Crippen LogP contribution >= 0.6 is 23.2 Å². The maximum Gasteiger partial charge on any atom is 0.409 e. The molecule has 0 atom stereocenters. The Balaban J connectivity index is 1.66. The van der Waals surface area contributed by atoms with Crippen LogP contribution in [-0.4, -0.2) is 62.4 Å². The topological polar surface area (TPSA) is 96.0 Å². The van der Waals surface area contributed by atoms with Gasteiger partial charge in [-0.15, -0.1) is 0 Å². The number of hydrogen-bond donors (Lipinski definition) is 1. The molecule has 2 amide bonds. The molecule has 1 fully saturated rings. The van der Waals surface area contributed by atoms with Crippen LogP contribution in [0, 0.1) is 0 Å². The molecule has 8 nitrogen and oxygen atoms in total. The summed E-state index contributed by atoms with van der Waals surface area (Å²) >= 11 is 11.9. The van der Waals surface area contributed by atoms with Gasteiger partial charge in [0, 0.05) is 36.8 Å². The minimum Gasteiger partial charge on any atom is -0.450 e. The Bertz CT molecular complexity index is 1070. The van der Waals surface area contributed by atoms with Gasteiger partial charge in [-0.1, -0.05) is 23.2 Å². The number of carbonyl (C=O) groups excluding carboxylic acids is 2. The molecule has 0 aromatic heterocycles. The SMILES string of the molecule is CCOC(=O)N1CCN(S(=O)(=O)c2ccc(C(=O)Nc3ccc(Cl)cc3Cl)cc2)CC1. The van der Waals surface area contributed by atoms with Crippen molar-refractivity contribution in [3.63, 3.8) is 0 Å². The van der Waals surface area contributed by atoms with Gasteiger partial charge in [0.2, 0.25) is 10.0 Å². The molecule has 1 N–H and O–H groups in total. The molecule has 0 radical (unpaired) electrons. The molecule has 2 aromatic rings. The Morgan fingerprint density at radius 2 is 1.68 bits per heavy atom. The van der Waals surface area contributed by atoms with Gasteiger partial charge < -0.3 is 15.0 Å². The minimum atomic E-state index is -3.75. The van der Waals surface area contributed by atoms with E-state index in [1.165, 1.54) is 39.5 Å². The zero-order chi connectivity index (χ0) is 22.6. The summed E-state index contributed by atoms with van der Waals surface area (Å²) in [6.45, 7) is 2.81. The molecule has 1 aliphatic rings. The highest BCUT2D eigenvalue weighted by atomic mass is 35.5. The molecule has 166 valence electrons. The van der Waals surface area contributed by atoms with Gasteiger partial charge in [-0.05, 0) is 49.4 Å². The van der Waals surface area contributed by atoms with Crippen molar-refractivity contribution in [2.24, 2.45) is 0 Å². The van der Waals surface area contributed by atoms with Crippen LogP contribution in [0.3, 0.4) is 0 Å². The van der Waals surface area contributed by atoms with Crippen molar-refractivity contribution in [3.8, 4) is 0 Å². The fourth-order valence-corrected chi connectivity index (χ4v) is 4.92. The first-order valence-electron chi connectivity index (χ1n) is 9.50. The maximum atomic E-state index is 12.9. The fourth-order valence-electron chi connectivity index (χ4n) is 3.04. The molecule has 1 aliphatic heterocycles. The van der Waals surface area contributed by atoms with Gasteiger partial charge in [0.1, 0.15) is 0 Å². The van der Waals surface area contributed by atoms with Gasteiger partial charge in [0.15, 0.2) is 0 Å². The van der Waals surface area contributed by atoms with Crippen molar-refractivity contribution >= 4 is 50.9 Å². The number of ether oxygens (including phenoxy) is 1. The highest BCUT2D eigenvalue weighted by Gasteiger charge is 2.30. The van der Waals surface area contributed by atoms with Crippen molar-refractivity contribution in [3.05, 3.63) is 58.1 Å². The Labute approximate surface area is 190 Å². The van der Waals surface area contributed by atoms with Gasteiger partial charge in [0.05, 0.1) is 22.2 Å². The molecule has 3 rings (SSSR count). The lowest BCUT2D eigenvalue weighted by Crippen LogP contribution is -2.50. The summed E-state index contributed by atoms with van der Waals surface area (Å²) in [6.07, 6.45) is -0.448. The largest absolute Gasteiger partial charge is 0.450 e. The second-order valence-electron chi connectivity index (χ2n) is 6.69. The van der Waals surface area contributed by atoms with Crippen LogP contribution < -0.4 is 5.32 Å². The molecule has 0 aliphatic carbocycles. The zero-order valence-electron chi connectivity index (χ0n) is 16.7. The van der Waals surface area contributed by atoms with Crippen LogP contribution in [0.15, 0.2) is 47.4 Å².